The quantitative estimate of drug-likeness (QED) is 0.674. The zero-order valence-corrected chi connectivity index (χ0v) is 13.0. The first-order chi connectivity index (χ1) is 11.1. The normalized spacial score (nSPS) is 17.6. The molecule has 0 bridgehead atoms. The molecule has 2 N–H and O–H groups in total. The molecule has 1 aromatic carbocycles. The highest BCUT2D eigenvalue weighted by molar-refractivity contribution is 5.96. The van der Waals surface area contributed by atoms with Gasteiger partial charge in [0.25, 0.3) is 5.91 Å². The molecule has 0 radical (unpaired) electrons. The molecule has 5 nitrogen and oxygen atoms in total. The highest BCUT2D eigenvalue weighted by Crippen LogP contribution is 2.26. The topological polar surface area (TPSA) is 79.5 Å². The van der Waals surface area contributed by atoms with Gasteiger partial charge < -0.3 is 14.8 Å². The molecule has 1 fully saturated rings. The Hall–Kier alpha value is -2.14. The van der Waals surface area contributed by atoms with E-state index >= 15 is 0 Å². The first-order valence-electron chi connectivity index (χ1n) is 8.11. The Balaban J connectivity index is 1.75. The van der Waals surface area contributed by atoms with Gasteiger partial charge in [0.15, 0.2) is 0 Å². The summed E-state index contributed by atoms with van der Waals surface area (Å²) in [5, 5.41) is 14.0. The van der Waals surface area contributed by atoms with Crippen molar-refractivity contribution in [2.75, 3.05) is 6.54 Å². The summed E-state index contributed by atoms with van der Waals surface area (Å²) in [7, 11) is 0. The van der Waals surface area contributed by atoms with E-state index in [1.165, 1.54) is 6.07 Å². The van der Waals surface area contributed by atoms with Gasteiger partial charge in [0, 0.05) is 11.9 Å². The van der Waals surface area contributed by atoms with Crippen molar-refractivity contribution >= 4 is 16.9 Å². The second-order valence-electron chi connectivity index (χ2n) is 6.31. The average molecular weight is 315 g/mol. The summed E-state index contributed by atoms with van der Waals surface area (Å²) in [5.74, 6) is -0.498. The van der Waals surface area contributed by atoms with E-state index in [4.69, 9.17) is 4.42 Å². The lowest BCUT2D eigenvalue weighted by Crippen LogP contribution is -2.43. The van der Waals surface area contributed by atoms with Crippen molar-refractivity contribution in [3.05, 3.63) is 46.3 Å². The minimum atomic E-state index is -0.872. The van der Waals surface area contributed by atoms with Gasteiger partial charge in [-0.2, -0.15) is 0 Å². The van der Waals surface area contributed by atoms with Crippen LogP contribution in [0.4, 0.5) is 0 Å². The van der Waals surface area contributed by atoms with Gasteiger partial charge in [0.2, 0.25) is 0 Å². The van der Waals surface area contributed by atoms with E-state index in [9.17, 15) is 14.7 Å². The molecular formula is C18H21NO4. The lowest BCUT2D eigenvalue weighted by atomic mass is 9.94. The van der Waals surface area contributed by atoms with Crippen LogP contribution in [0.25, 0.3) is 11.0 Å². The van der Waals surface area contributed by atoms with Gasteiger partial charge in [-0.25, -0.2) is 4.79 Å². The molecule has 1 amide bonds. The van der Waals surface area contributed by atoms with Gasteiger partial charge in [0.1, 0.15) is 11.1 Å². The summed E-state index contributed by atoms with van der Waals surface area (Å²) in [4.78, 5) is 24.3. The van der Waals surface area contributed by atoms with E-state index in [2.05, 4.69) is 5.32 Å². The number of carbonyl (C=O) groups excluding carboxylic acids is 1. The number of amides is 1. The third-order valence-electron chi connectivity index (χ3n) is 4.50. The fraction of sp³-hybridized carbons (Fsp3) is 0.444. The Morgan fingerprint density at radius 1 is 1.17 bits per heavy atom. The molecule has 2 aromatic rings. The molecule has 0 spiro atoms. The maximum atomic E-state index is 12.3. The summed E-state index contributed by atoms with van der Waals surface area (Å²) in [6.45, 7) is 0.165. The monoisotopic (exact) mass is 315 g/mol. The molecule has 1 aromatic heterocycles. The van der Waals surface area contributed by atoms with Crippen LogP contribution < -0.4 is 10.9 Å². The maximum absolute atomic E-state index is 12.3. The summed E-state index contributed by atoms with van der Waals surface area (Å²) >= 11 is 0. The number of hydrogen-bond donors (Lipinski definition) is 2. The molecule has 5 heteroatoms. The molecule has 23 heavy (non-hydrogen) atoms. The Bertz CT molecular complexity index is 757. The van der Waals surface area contributed by atoms with Gasteiger partial charge in [-0.3, -0.25) is 4.79 Å². The molecule has 0 unspecified atom stereocenters. The van der Waals surface area contributed by atoms with Crippen molar-refractivity contribution in [2.45, 2.75) is 44.1 Å². The highest BCUT2D eigenvalue weighted by Gasteiger charge is 2.29. The molecule has 0 saturated heterocycles. The first-order valence-corrected chi connectivity index (χ1v) is 8.11. The summed E-state index contributed by atoms with van der Waals surface area (Å²) < 4.78 is 5.17. The van der Waals surface area contributed by atoms with Crippen molar-refractivity contribution in [1.82, 2.24) is 5.32 Å². The molecule has 0 aliphatic heterocycles. The lowest BCUT2D eigenvalue weighted by molar-refractivity contribution is 0.0246. The van der Waals surface area contributed by atoms with E-state index in [1.54, 1.807) is 18.2 Å². The van der Waals surface area contributed by atoms with Gasteiger partial charge in [-0.1, -0.05) is 43.9 Å². The van der Waals surface area contributed by atoms with Crippen LogP contribution in [-0.2, 0) is 0 Å². The van der Waals surface area contributed by atoms with Gasteiger partial charge in [-0.05, 0) is 25.0 Å². The Morgan fingerprint density at radius 3 is 2.61 bits per heavy atom. The van der Waals surface area contributed by atoms with Crippen LogP contribution in [0.5, 0.6) is 0 Å². The Kier molecular flexibility index (Phi) is 4.48. The van der Waals surface area contributed by atoms with Crippen LogP contribution in [0.2, 0.25) is 0 Å². The maximum Gasteiger partial charge on any atom is 0.349 e. The smallest absolute Gasteiger partial charge is 0.349 e. The zero-order chi connectivity index (χ0) is 16.3. The number of para-hydroxylation sites is 1. The number of carbonyl (C=O) groups is 1. The van der Waals surface area contributed by atoms with Crippen molar-refractivity contribution in [3.8, 4) is 0 Å². The largest absolute Gasteiger partial charge is 0.422 e. The number of aliphatic hydroxyl groups is 1. The SMILES string of the molecule is O=C(NCC1(O)CCCCCC1)c1cc2ccccc2oc1=O. The Labute approximate surface area is 134 Å². The predicted molar refractivity (Wildman–Crippen MR) is 87.5 cm³/mol. The van der Waals surface area contributed by atoms with Crippen LogP contribution in [-0.4, -0.2) is 23.2 Å². The van der Waals surface area contributed by atoms with Gasteiger partial charge in [-0.15, -0.1) is 0 Å². The van der Waals surface area contributed by atoms with E-state index in [-0.39, 0.29) is 12.1 Å². The molecule has 0 atom stereocenters. The predicted octanol–water partition coefficient (Wildman–Crippen LogP) is 2.61. The third-order valence-corrected chi connectivity index (χ3v) is 4.50. The molecule has 1 heterocycles. The minimum absolute atomic E-state index is 0.0269. The fourth-order valence-electron chi connectivity index (χ4n) is 3.12. The third kappa shape index (κ3) is 3.62. The lowest BCUT2D eigenvalue weighted by Gasteiger charge is -2.26. The fourth-order valence-corrected chi connectivity index (χ4v) is 3.12. The number of nitrogens with one attached hydrogen (secondary N) is 1. The Morgan fingerprint density at radius 2 is 1.87 bits per heavy atom. The van der Waals surface area contributed by atoms with Crippen molar-refractivity contribution in [3.63, 3.8) is 0 Å². The van der Waals surface area contributed by atoms with Crippen molar-refractivity contribution < 1.29 is 14.3 Å². The summed E-state index contributed by atoms with van der Waals surface area (Å²) in [6, 6.07) is 8.60. The number of rotatable bonds is 3. The summed E-state index contributed by atoms with van der Waals surface area (Å²) in [6.07, 6.45) is 5.52. The molecule has 3 rings (SSSR count). The second-order valence-corrected chi connectivity index (χ2v) is 6.31. The number of benzene rings is 1. The van der Waals surface area contributed by atoms with Crippen molar-refractivity contribution in [2.24, 2.45) is 0 Å². The molecule has 1 aliphatic rings. The van der Waals surface area contributed by atoms with Crippen LogP contribution in [0, 0.1) is 0 Å². The van der Waals surface area contributed by atoms with E-state index in [0.717, 1.165) is 25.7 Å². The average Bonchev–Trinajstić information content (AvgIpc) is 2.77. The van der Waals surface area contributed by atoms with Gasteiger partial charge >= 0.3 is 5.63 Å². The van der Waals surface area contributed by atoms with Gasteiger partial charge in [0.05, 0.1) is 5.60 Å². The number of fused-ring (bicyclic) bond motifs is 1. The van der Waals surface area contributed by atoms with Crippen LogP contribution in [0.3, 0.4) is 0 Å². The minimum Gasteiger partial charge on any atom is -0.422 e. The van der Waals surface area contributed by atoms with Crippen LogP contribution in [0.1, 0.15) is 48.9 Å². The summed E-state index contributed by atoms with van der Waals surface area (Å²) in [5.41, 5.74) is -1.10. The first kappa shape index (κ1) is 15.7. The molecular weight excluding hydrogens is 294 g/mol. The molecule has 122 valence electrons. The van der Waals surface area contributed by atoms with Crippen LogP contribution in [0.15, 0.2) is 39.5 Å². The highest BCUT2D eigenvalue weighted by atomic mass is 16.4. The molecule has 1 saturated carbocycles. The molecule has 1 aliphatic carbocycles. The van der Waals surface area contributed by atoms with Crippen molar-refractivity contribution in [1.29, 1.82) is 0 Å². The van der Waals surface area contributed by atoms with E-state index in [0.29, 0.717) is 23.8 Å². The number of hydrogen-bond acceptors (Lipinski definition) is 4. The van der Waals surface area contributed by atoms with E-state index in [1.807, 2.05) is 6.07 Å². The standard InChI is InChI=1S/C18H21NO4/c20-16(19-12-18(22)9-5-1-2-6-10-18)14-11-13-7-3-4-8-15(13)23-17(14)21/h3-4,7-8,11,22H,1-2,5-6,9-10,12H2,(H,19,20). The zero-order valence-electron chi connectivity index (χ0n) is 13.0. The van der Waals surface area contributed by atoms with E-state index < -0.39 is 17.1 Å². The van der Waals surface area contributed by atoms with Crippen LogP contribution >= 0.6 is 0 Å². The second kappa shape index (κ2) is 6.54.